The van der Waals surface area contributed by atoms with Crippen LogP contribution in [0.15, 0.2) is 18.2 Å². The highest BCUT2D eigenvalue weighted by atomic mass is 16.5. The number of carbonyl (C=O) groups is 1. The number of fused-ring (bicyclic) bond motifs is 1. The number of benzene rings is 1. The SMILES string of the molecule is Nc1ccc2c(c1)C(=O)N(CCOCCO)C2. The van der Waals surface area contributed by atoms with Gasteiger partial charge in [-0.3, -0.25) is 4.79 Å². The Morgan fingerprint density at radius 2 is 2.24 bits per heavy atom. The number of nitrogens with zero attached hydrogens (tertiary/aromatic N) is 1. The number of ether oxygens (including phenoxy) is 1. The van der Waals surface area contributed by atoms with Gasteiger partial charge >= 0.3 is 0 Å². The molecule has 1 amide bonds. The molecule has 0 fully saturated rings. The topological polar surface area (TPSA) is 75.8 Å². The molecule has 1 heterocycles. The van der Waals surface area contributed by atoms with Crippen molar-refractivity contribution in [3.05, 3.63) is 29.3 Å². The Balaban J connectivity index is 1.95. The molecule has 1 aromatic carbocycles. The summed E-state index contributed by atoms with van der Waals surface area (Å²) in [6, 6.07) is 5.40. The fraction of sp³-hybridized carbons (Fsp3) is 0.417. The van der Waals surface area contributed by atoms with Crippen molar-refractivity contribution in [2.24, 2.45) is 0 Å². The van der Waals surface area contributed by atoms with Gasteiger partial charge in [-0.2, -0.15) is 0 Å². The summed E-state index contributed by atoms with van der Waals surface area (Å²) in [6.07, 6.45) is 0. The van der Waals surface area contributed by atoms with E-state index in [1.807, 2.05) is 6.07 Å². The van der Waals surface area contributed by atoms with Crippen LogP contribution in [0.1, 0.15) is 15.9 Å². The molecule has 5 nitrogen and oxygen atoms in total. The molecule has 0 atom stereocenters. The van der Waals surface area contributed by atoms with Crippen molar-refractivity contribution < 1.29 is 14.6 Å². The van der Waals surface area contributed by atoms with E-state index in [0.29, 0.717) is 37.6 Å². The summed E-state index contributed by atoms with van der Waals surface area (Å²) in [5.74, 6) is -0.0000940. The van der Waals surface area contributed by atoms with Gasteiger partial charge in [0.1, 0.15) is 0 Å². The Hall–Kier alpha value is -1.59. The highest BCUT2D eigenvalue weighted by Gasteiger charge is 2.26. The Morgan fingerprint density at radius 3 is 3.00 bits per heavy atom. The minimum absolute atomic E-state index is 0.0000940. The van der Waals surface area contributed by atoms with Crippen LogP contribution in [-0.4, -0.2) is 42.3 Å². The van der Waals surface area contributed by atoms with Crippen LogP contribution in [0.25, 0.3) is 0 Å². The molecule has 1 aromatic rings. The third-order valence-electron chi connectivity index (χ3n) is 2.75. The van der Waals surface area contributed by atoms with E-state index in [-0.39, 0.29) is 12.5 Å². The number of aliphatic hydroxyl groups excluding tert-OH is 1. The van der Waals surface area contributed by atoms with Crippen molar-refractivity contribution in [1.82, 2.24) is 4.90 Å². The maximum atomic E-state index is 12.0. The van der Waals surface area contributed by atoms with Crippen molar-refractivity contribution >= 4 is 11.6 Å². The standard InChI is InChI=1S/C12H16N2O3/c13-10-2-1-9-8-14(3-5-17-6-4-15)12(16)11(9)7-10/h1-2,7,15H,3-6,8,13H2. The molecular weight excluding hydrogens is 220 g/mol. The Bertz CT molecular complexity index is 420. The van der Waals surface area contributed by atoms with Gasteiger partial charge in [0.2, 0.25) is 0 Å². The number of hydrogen-bond donors (Lipinski definition) is 2. The van der Waals surface area contributed by atoms with Crippen LogP contribution in [-0.2, 0) is 11.3 Å². The molecule has 0 bridgehead atoms. The average molecular weight is 236 g/mol. The lowest BCUT2D eigenvalue weighted by molar-refractivity contribution is 0.0585. The zero-order chi connectivity index (χ0) is 12.3. The second-order valence-corrected chi connectivity index (χ2v) is 3.98. The summed E-state index contributed by atoms with van der Waals surface area (Å²) in [4.78, 5) is 13.7. The van der Waals surface area contributed by atoms with E-state index in [1.165, 1.54) is 0 Å². The fourth-order valence-electron chi connectivity index (χ4n) is 1.90. The molecule has 0 saturated heterocycles. The number of amides is 1. The lowest BCUT2D eigenvalue weighted by Crippen LogP contribution is -2.28. The van der Waals surface area contributed by atoms with Crippen LogP contribution in [0, 0.1) is 0 Å². The average Bonchev–Trinajstić information content (AvgIpc) is 2.62. The van der Waals surface area contributed by atoms with E-state index in [9.17, 15) is 4.79 Å². The van der Waals surface area contributed by atoms with Crippen LogP contribution in [0.2, 0.25) is 0 Å². The second kappa shape index (κ2) is 5.16. The molecule has 0 radical (unpaired) electrons. The molecule has 0 saturated carbocycles. The van der Waals surface area contributed by atoms with Crippen molar-refractivity contribution in [2.45, 2.75) is 6.54 Å². The molecule has 17 heavy (non-hydrogen) atoms. The lowest BCUT2D eigenvalue weighted by atomic mass is 10.1. The van der Waals surface area contributed by atoms with E-state index in [4.69, 9.17) is 15.6 Å². The Labute approximate surface area is 99.8 Å². The first kappa shape index (κ1) is 11.9. The smallest absolute Gasteiger partial charge is 0.254 e. The number of nitrogen functional groups attached to an aromatic ring is 1. The van der Waals surface area contributed by atoms with Crippen LogP contribution in [0.4, 0.5) is 5.69 Å². The third-order valence-corrected chi connectivity index (χ3v) is 2.75. The van der Waals surface area contributed by atoms with Gasteiger partial charge in [-0.25, -0.2) is 0 Å². The minimum Gasteiger partial charge on any atom is -0.399 e. The number of anilines is 1. The van der Waals surface area contributed by atoms with Crippen LogP contribution < -0.4 is 5.73 Å². The lowest BCUT2D eigenvalue weighted by Gasteiger charge is -2.15. The molecule has 0 spiro atoms. The van der Waals surface area contributed by atoms with Crippen LogP contribution in [0.3, 0.4) is 0 Å². The van der Waals surface area contributed by atoms with Gasteiger partial charge in [0.05, 0.1) is 19.8 Å². The molecule has 0 aliphatic carbocycles. The quantitative estimate of drug-likeness (QED) is 0.567. The van der Waals surface area contributed by atoms with Gasteiger partial charge in [-0.1, -0.05) is 6.07 Å². The van der Waals surface area contributed by atoms with Crippen molar-refractivity contribution in [3.63, 3.8) is 0 Å². The molecular formula is C12H16N2O3. The van der Waals surface area contributed by atoms with Gasteiger partial charge < -0.3 is 20.5 Å². The van der Waals surface area contributed by atoms with Gasteiger partial charge in [-0.05, 0) is 17.7 Å². The predicted molar refractivity (Wildman–Crippen MR) is 63.5 cm³/mol. The van der Waals surface area contributed by atoms with E-state index in [2.05, 4.69) is 0 Å². The van der Waals surface area contributed by atoms with Crippen molar-refractivity contribution in [3.8, 4) is 0 Å². The van der Waals surface area contributed by atoms with Crippen molar-refractivity contribution in [2.75, 3.05) is 32.1 Å². The molecule has 1 aliphatic heterocycles. The highest BCUT2D eigenvalue weighted by molar-refractivity contribution is 5.99. The van der Waals surface area contributed by atoms with E-state index >= 15 is 0 Å². The first-order valence-corrected chi connectivity index (χ1v) is 5.58. The zero-order valence-electron chi connectivity index (χ0n) is 9.56. The number of aliphatic hydroxyl groups is 1. The van der Waals surface area contributed by atoms with Gasteiger partial charge in [0.15, 0.2) is 0 Å². The number of nitrogens with two attached hydrogens (primary N) is 1. The van der Waals surface area contributed by atoms with Gasteiger partial charge in [0, 0.05) is 24.3 Å². The predicted octanol–water partition coefficient (Wildman–Crippen LogP) is 0.234. The molecule has 0 aromatic heterocycles. The van der Waals surface area contributed by atoms with Crippen LogP contribution in [0.5, 0.6) is 0 Å². The first-order chi connectivity index (χ1) is 8.22. The van der Waals surface area contributed by atoms with E-state index in [0.717, 1.165) is 5.56 Å². The number of rotatable bonds is 5. The van der Waals surface area contributed by atoms with Gasteiger partial charge in [0.25, 0.3) is 5.91 Å². The molecule has 2 rings (SSSR count). The summed E-state index contributed by atoms with van der Waals surface area (Å²) in [5, 5.41) is 8.56. The maximum absolute atomic E-state index is 12.0. The summed E-state index contributed by atoms with van der Waals surface area (Å²) in [7, 11) is 0. The molecule has 5 heteroatoms. The highest BCUT2D eigenvalue weighted by Crippen LogP contribution is 2.24. The number of hydrogen-bond acceptors (Lipinski definition) is 4. The summed E-state index contributed by atoms with van der Waals surface area (Å²) in [5.41, 5.74) is 7.95. The third kappa shape index (κ3) is 2.57. The second-order valence-electron chi connectivity index (χ2n) is 3.98. The molecule has 92 valence electrons. The fourth-order valence-corrected chi connectivity index (χ4v) is 1.90. The largest absolute Gasteiger partial charge is 0.399 e. The normalized spacial score (nSPS) is 14.2. The zero-order valence-corrected chi connectivity index (χ0v) is 9.56. The molecule has 3 N–H and O–H groups in total. The molecule has 0 unspecified atom stereocenters. The van der Waals surface area contributed by atoms with E-state index in [1.54, 1.807) is 17.0 Å². The van der Waals surface area contributed by atoms with Gasteiger partial charge in [-0.15, -0.1) is 0 Å². The number of carbonyl (C=O) groups excluding carboxylic acids is 1. The van der Waals surface area contributed by atoms with Crippen LogP contribution >= 0.6 is 0 Å². The van der Waals surface area contributed by atoms with Crippen molar-refractivity contribution in [1.29, 1.82) is 0 Å². The van der Waals surface area contributed by atoms with E-state index < -0.39 is 0 Å². The summed E-state index contributed by atoms with van der Waals surface area (Å²) in [6.45, 7) is 1.90. The summed E-state index contributed by atoms with van der Waals surface area (Å²) >= 11 is 0. The Morgan fingerprint density at radius 1 is 1.41 bits per heavy atom. The maximum Gasteiger partial charge on any atom is 0.254 e. The first-order valence-electron chi connectivity index (χ1n) is 5.58. The Kier molecular flexibility index (Phi) is 3.61. The monoisotopic (exact) mass is 236 g/mol. The molecule has 1 aliphatic rings. The minimum atomic E-state index is -0.0000940. The summed E-state index contributed by atoms with van der Waals surface area (Å²) < 4.78 is 5.15.